The van der Waals surface area contributed by atoms with Crippen LogP contribution in [0.25, 0.3) is 6.08 Å². The number of ether oxygens (including phenoxy) is 1. The van der Waals surface area contributed by atoms with Gasteiger partial charge in [-0.05, 0) is 39.2 Å². The monoisotopic (exact) mass is 347 g/mol. The van der Waals surface area contributed by atoms with Gasteiger partial charge >= 0.3 is 0 Å². The van der Waals surface area contributed by atoms with Crippen LogP contribution in [0.3, 0.4) is 0 Å². The molecule has 0 atom stereocenters. The molecular formula is C16H14BrNO3. The van der Waals surface area contributed by atoms with E-state index in [2.05, 4.69) is 15.9 Å². The zero-order valence-electron chi connectivity index (χ0n) is 11.5. The van der Waals surface area contributed by atoms with E-state index in [0.29, 0.717) is 5.75 Å². The lowest BCUT2D eigenvalue weighted by Gasteiger charge is -2.04. The van der Waals surface area contributed by atoms with Gasteiger partial charge in [-0.15, -0.1) is 0 Å². The van der Waals surface area contributed by atoms with E-state index in [1.165, 1.54) is 0 Å². The van der Waals surface area contributed by atoms with Crippen molar-refractivity contribution in [3.63, 3.8) is 0 Å². The van der Waals surface area contributed by atoms with Crippen molar-refractivity contribution in [3.05, 3.63) is 79.9 Å². The third kappa shape index (κ3) is 4.16. The molecule has 2 rings (SSSR count). The SMILES string of the molecule is COc1ccc(C=C(Cc2ccccc2)[N+](=O)[O-])cc1Br. The van der Waals surface area contributed by atoms with Gasteiger partial charge in [-0.2, -0.15) is 0 Å². The van der Waals surface area contributed by atoms with E-state index in [-0.39, 0.29) is 17.0 Å². The normalized spacial score (nSPS) is 11.2. The van der Waals surface area contributed by atoms with Crippen molar-refractivity contribution in [1.82, 2.24) is 0 Å². The van der Waals surface area contributed by atoms with Gasteiger partial charge in [0.05, 0.1) is 22.9 Å². The quantitative estimate of drug-likeness (QED) is 0.597. The first kappa shape index (κ1) is 15.3. The van der Waals surface area contributed by atoms with Gasteiger partial charge in [0.25, 0.3) is 5.70 Å². The Hall–Kier alpha value is -2.14. The minimum atomic E-state index is -0.342. The zero-order chi connectivity index (χ0) is 15.2. The first-order valence-corrected chi connectivity index (χ1v) is 7.12. The Morgan fingerprint density at radius 1 is 1.29 bits per heavy atom. The second-order valence-corrected chi connectivity index (χ2v) is 5.30. The van der Waals surface area contributed by atoms with E-state index in [0.717, 1.165) is 15.6 Å². The fraction of sp³-hybridized carbons (Fsp3) is 0.125. The second kappa shape index (κ2) is 7.04. The van der Waals surface area contributed by atoms with Crippen molar-refractivity contribution < 1.29 is 9.66 Å². The third-order valence-electron chi connectivity index (χ3n) is 2.97. The van der Waals surface area contributed by atoms with Gasteiger partial charge in [0.2, 0.25) is 0 Å². The highest BCUT2D eigenvalue weighted by Crippen LogP contribution is 2.26. The Morgan fingerprint density at radius 2 is 2.00 bits per heavy atom. The van der Waals surface area contributed by atoms with E-state index >= 15 is 0 Å². The van der Waals surface area contributed by atoms with E-state index < -0.39 is 0 Å². The Balaban J connectivity index is 2.29. The standard InChI is InChI=1S/C16H14BrNO3/c1-21-16-8-7-13(11-15(16)17)10-14(18(19)20)9-12-5-3-2-4-6-12/h2-8,10-11H,9H2,1H3. The number of hydrogen-bond donors (Lipinski definition) is 0. The lowest BCUT2D eigenvalue weighted by molar-refractivity contribution is -0.425. The Bertz CT molecular complexity index is 668. The van der Waals surface area contributed by atoms with Gasteiger partial charge in [-0.3, -0.25) is 10.1 Å². The number of nitro groups is 1. The van der Waals surface area contributed by atoms with Crippen molar-refractivity contribution >= 4 is 22.0 Å². The maximum Gasteiger partial charge on any atom is 0.251 e. The lowest BCUT2D eigenvalue weighted by Crippen LogP contribution is -2.02. The lowest BCUT2D eigenvalue weighted by atomic mass is 10.1. The highest BCUT2D eigenvalue weighted by Gasteiger charge is 2.12. The molecule has 0 spiro atoms. The number of benzene rings is 2. The van der Waals surface area contributed by atoms with Gasteiger partial charge in [0.1, 0.15) is 5.75 Å². The van der Waals surface area contributed by atoms with Crippen LogP contribution < -0.4 is 4.74 Å². The smallest absolute Gasteiger partial charge is 0.251 e. The summed E-state index contributed by atoms with van der Waals surface area (Å²) in [7, 11) is 1.58. The Kier molecular flexibility index (Phi) is 5.11. The van der Waals surface area contributed by atoms with E-state index in [1.807, 2.05) is 30.3 Å². The van der Waals surface area contributed by atoms with Crippen LogP contribution in [-0.4, -0.2) is 12.0 Å². The summed E-state index contributed by atoms with van der Waals surface area (Å²) in [5.74, 6) is 0.692. The van der Waals surface area contributed by atoms with E-state index in [4.69, 9.17) is 4.74 Å². The fourth-order valence-corrected chi connectivity index (χ4v) is 2.50. The van der Waals surface area contributed by atoms with Crippen LogP contribution in [0.1, 0.15) is 11.1 Å². The topological polar surface area (TPSA) is 52.4 Å². The molecule has 0 fully saturated rings. The Labute approximate surface area is 131 Å². The van der Waals surface area contributed by atoms with Crippen LogP contribution in [-0.2, 0) is 6.42 Å². The summed E-state index contributed by atoms with van der Waals surface area (Å²) in [4.78, 5) is 10.9. The molecule has 2 aromatic carbocycles. The Morgan fingerprint density at radius 3 is 2.57 bits per heavy atom. The van der Waals surface area contributed by atoms with Gasteiger partial charge in [-0.25, -0.2) is 0 Å². The van der Waals surface area contributed by atoms with Crippen molar-refractivity contribution in [1.29, 1.82) is 0 Å². The zero-order valence-corrected chi connectivity index (χ0v) is 13.0. The number of methoxy groups -OCH3 is 1. The molecule has 0 saturated carbocycles. The number of allylic oxidation sites excluding steroid dienone is 1. The number of nitrogens with zero attached hydrogens (tertiary/aromatic N) is 1. The molecular weight excluding hydrogens is 334 g/mol. The average molecular weight is 348 g/mol. The predicted octanol–water partition coefficient (Wildman–Crippen LogP) is 4.32. The van der Waals surface area contributed by atoms with Gasteiger partial charge in [0.15, 0.2) is 0 Å². The maximum atomic E-state index is 11.2. The third-order valence-corrected chi connectivity index (χ3v) is 3.59. The van der Waals surface area contributed by atoms with Crippen LogP contribution in [0.4, 0.5) is 0 Å². The molecule has 0 heterocycles. The summed E-state index contributed by atoms with van der Waals surface area (Å²) in [5, 5.41) is 11.2. The van der Waals surface area contributed by atoms with Crippen LogP contribution in [0.15, 0.2) is 58.7 Å². The molecule has 0 aliphatic heterocycles. The average Bonchev–Trinajstić information content (AvgIpc) is 2.48. The van der Waals surface area contributed by atoms with Crippen molar-refractivity contribution in [2.24, 2.45) is 0 Å². The van der Waals surface area contributed by atoms with Gasteiger partial charge < -0.3 is 4.74 Å². The minimum absolute atomic E-state index is 0.151. The van der Waals surface area contributed by atoms with E-state index in [1.54, 1.807) is 31.4 Å². The fourth-order valence-electron chi connectivity index (χ4n) is 1.94. The first-order valence-electron chi connectivity index (χ1n) is 6.32. The highest BCUT2D eigenvalue weighted by molar-refractivity contribution is 9.10. The molecule has 0 N–H and O–H groups in total. The summed E-state index contributed by atoms with van der Waals surface area (Å²) >= 11 is 3.38. The largest absolute Gasteiger partial charge is 0.496 e. The molecule has 0 aliphatic carbocycles. The highest BCUT2D eigenvalue weighted by atomic mass is 79.9. The summed E-state index contributed by atoms with van der Waals surface area (Å²) in [6, 6.07) is 14.7. The van der Waals surface area contributed by atoms with Crippen LogP contribution in [0, 0.1) is 10.1 Å². The number of hydrogen-bond acceptors (Lipinski definition) is 3. The summed E-state index contributed by atoms with van der Waals surface area (Å²) in [6.07, 6.45) is 1.87. The maximum absolute atomic E-state index is 11.2. The second-order valence-electron chi connectivity index (χ2n) is 4.45. The minimum Gasteiger partial charge on any atom is -0.496 e. The van der Waals surface area contributed by atoms with Crippen molar-refractivity contribution in [2.75, 3.05) is 7.11 Å². The first-order chi connectivity index (χ1) is 10.1. The van der Waals surface area contributed by atoms with Crippen molar-refractivity contribution in [3.8, 4) is 5.75 Å². The molecule has 2 aromatic rings. The number of halogens is 1. The van der Waals surface area contributed by atoms with Crippen molar-refractivity contribution in [2.45, 2.75) is 6.42 Å². The van der Waals surface area contributed by atoms with Crippen LogP contribution in [0.2, 0.25) is 0 Å². The summed E-state index contributed by atoms with van der Waals surface area (Å²) < 4.78 is 5.91. The molecule has 0 bridgehead atoms. The molecule has 108 valence electrons. The van der Waals surface area contributed by atoms with Crippen LogP contribution >= 0.6 is 15.9 Å². The molecule has 0 aromatic heterocycles. The molecule has 5 heteroatoms. The molecule has 21 heavy (non-hydrogen) atoms. The molecule has 0 radical (unpaired) electrons. The summed E-state index contributed by atoms with van der Waals surface area (Å²) in [5.41, 5.74) is 1.82. The molecule has 0 aliphatic rings. The molecule has 0 saturated heterocycles. The summed E-state index contributed by atoms with van der Waals surface area (Å²) in [6.45, 7) is 0. The molecule has 4 nitrogen and oxygen atoms in total. The predicted molar refractivity (Wildman–Crippen MR) is 85.8 cm³/mol. The molecule has 0 unspecified atom stereocenters. The van der Waals surface area contributed by atoms with Gasteiger partial charge in [-0.1, -0.05) is 36.4 Å². The van der Waals surface area contributed by atoms with Crippen LogP contribution in [0.5, 0.6) is 5.75 Å². The van der Waals surface area contributed by atoms with Gasteiger partial charge in [0, 0.05) is 6.08 Å². The molecule has 0 amide bonds. The van der Waals surface area contributed by atoms with E-state index in [9.17, 15) is 10.1 Å². The number of rotatable bonds is 5.